The number of nitrogens with zero attached hydrogens (tertiary/aromatic N) is 1. The molecule has 0 amide bonds. The number of nitrogens with one attached hydrogen (secondary N) is 1. The highest BCUT2D eigenvalue weighted by Crippen LogP contribution is 2.30. The molecule has 110 valence electrons. The zero-order chi connectivity index (χ0) is 14.2. The Labute approximate surface area is 121 Å². The van der Waals surface area contributed by atoms with Crippen molar-refractivity contribution in [2.75, 3.05) is 26.2 Å². The van der Waals surface area contributed by atoms with Crippen molar-refractivity contribution in [3.63, 3.8) is 0 Å². The SMILES string of the molecule is CCCc1ccc(S(=O)(=O)N2C[C@H]3CNC[C@H]3C2)cc1. The van der Waals surface area contributed by atoms with Gasteiger partial charge < -0.3 is 5.32 Å². The van der Waals surface area contributed by atoms with Crippen molar-refractivity contribution in [1.82, 2.24) is 9.62 Å². The van der Waals surface area contributed by atoms with Crippen LogP contribution in [0.1, 0.15) is 18.9 Å². The molecule has 20 heavy (non-hydrogen) atoms. The van der Waals surface area contributed by atoms with E-state index >= 15 is 0 Å². The zero-order valence-corrected chi connectivity index (χ0v) is 12.7. The van der Waals surface area contributed by atoms with Gasteiger partial charge in [0.05, 0.1) is 4.90 Å². The first-order valence-corrected chi connectivity index (χ1v) is 8.85. The summed E-state index contributed by atoms with van der Waals surface area (Å²) in [6.07, 6.45) is 2.08. The number of sulfonamides is 1. The molecular weight excluding hydrogens is 272 g/mol. The Hall–Kier alpha value is -0.910. The Morgan fingerprint density at radius 3 is 2.30 bits per heavy atom. The second kappa shape index (κ2) is 5.47. The van der Waals surface area contributed by atoms with Gasteiger partial charge in [-0.05, 0) is 49.0 Å². The summed E-state index contributed by atoms with van der Waals surface area (Å²) < 4.78 is 26.9. The molecule has 0 spiro atoms. The van der Waals surface area contributed by atoms with Gasteiger partial charge >= 0.3 is 0 Å². The van der Waals surface area contributed by atoms with E-state index in [1.54, 1.807) is 16.4 Å². The molecule has 2 fully saturated rings. The Balaban J connectivity index is 1.78. The fourth-order valence-corrected chi connectivity index (χ4v) is 4.83. The second-order valence-electron chi connectivity index (χ2n) is 5.89. The van der Waals surface area contributed by atoms with Gasteiger partial charge in [-0.3, -0.25) is 0 Å². The van der Waals surface area contributed by atoms with E-state index in [0.717, 1.165) is 25.9 Å². The third-order valence-corrected chi connectivity index (χ3v) is 6.30. The Morgan fingerprint density at radius 1 is 1.15 bits per heavy atom. The topological polar surface area (TPSA) is 49.4 Å². The van der Waals surface area contributed by atoms with Gasteiger partial charge in [-0.15, -0.1) is 0 Å². The Bertz CT molecular complexity index is 556. The van der Waals surface area contributed by atoms with Gasteiger partial charge in [0.2, 0.25) is 10.0 Å². The summed E-state index contributed by atoms with van der Waals surface area (Å²) in [5.74, 6) is 0.980. The molecular formula is C15H22N2O2S. The van der Waals surface area contributed by atoms with Gasteiger partial charge in [-0.25, -0.2) is 8.42 Å². The maximum absolute atomic E-state index is 12.6. The standard InChI is InChI=1S/C15H22N2O2S/c1-2-3-12-4-6-15(7-5-12)20(18,19)17-10-13-8-16-9-14(13)11-17/h4-7,13-14,16H,2-3,8-11H2,1H3/t13-,14+. The van der Waals surface area contributed by atoms with E-state index in [4.69, 9.17) is 0 Å². The van der Waals surface area contributed by atoms with E-state index in [1.807, 2.05) is 12.1 Å². The Morgan fingerprint density at radius 2 is 1.75 bits per heavy atom. The van der Waals surface area contributed by atoms with Crippen LogP contribution in [0.2, 0.25) is 0 Å². The number of aryl methyl sites for hydroxylation is 1. The summed E-state index contributed by atoms with van der Waals surface area (Å²) in [6.45, 7) is 5.35. The third-order valence-electron chi connectivity index (χ3n) is 4.46. The molecule has 0 bridgehead atoms. The number of benzene rings is 1. The highest BCUT2D eigenvalue weighted by atomic mass is 32.2. The molecule has 0 aliphatic carbocycles. The summed E-state index contributed by atoms with van der Waals surface area (Å²) in [5.41, 5.74) is 1.20. The molecule has 0 saturated carbocycles. The lowest BCUT2D eigenvalue weighted by molar-refractivity contribution is 0.448. The van der Waals surface area contributed by atoms with Crippen molar-refractivity contribution in [2.45, 2.75) is 24.7 Å². The molecule has 0 unspecified atom stereocenters. The minimum atomic E-state index is -3.31. The molecule has 1 aromatic carbocycles. The van der Waals surface area contributed by atoms with Gasteiger partial charge in [-0.2, -0.15) is 4.31 Å². The lowest BCUT2D eigenvalue weighted by atomic mass is 10.0. The number of hydrogen-bond acceptors (Lipinski definition) is 3. The van der Waals surface area contributed by atoms with Crippen LogP contribution in [0, 0.1) is 11.8 Å². The van der Waals surface area contributed by atoms with Crippen LogP contribution in [-0.4, -0.2) is 38.9 Å². The van der Waals surface area contributed by atoms with Crippen molar-refractivity contribution in [2.24, 2.45) is 11.8 Å². The highest BCUT2D eigenvalue weighted by Gasteiger charge is 2.41. The maximum atomic E-state index is 12.6. The number of hydrogen-bond donors (Lipinski definition) is 1. The minimum absolute atomic E-state index is 0.435. The third kappa shape index (κ3) is 2.50. The minimum Gasteiger partial charge on any atom is -0.316 e. The van der Waals surface area contributed by atoms with Crippen molar-refractivity contribution < 1.29 is 8.42 Å². The number of fused-ring (bicyclic) bond motifs is 1. The predicted octanol–water partition coefficient (Wildman–Crippen LogP) is 1.48. The van der Waals surface area contributed by atoms with Crippen molar-refractivity contribution in [3.8, 4) is 0 Å². The molecule has 2 atom stereocenters. The van der Waals surface area contributed by atoms with Crippen LogP contribution in [0.15, 0.2) is 29.2 Å². The van der Waals surface area contributed by atoms with Gasteiger partial charge in [0.25, 0.3) is 0 Å². The predicted molar refractivity (Wildman–Crippen MR) is 79.0 cm³/mol. The fourth-order valence-electron chi connectivity index (χ4n) is 3.27. The van der Waals surface area contributed by atoms with Gasteiger partial charge in [0, 0.05) is 13.1 Å². The fraction of sp³-hybridized carbons (Fsp3) is 0.600. The normalized spacial score (nSPS) is 26.9. The first-order chi connectivity index (χ1) is 9.61. The van der Waals surface area contributed by atoms with E-state index in [9.17, 15) is 8.42 Å². The molecule has 4 nitrogen and oxygen atoms in total. The molecule has 2 aliphatic heterocycles. The van der Waals surface area contributed by atoms with Crippen LogP contribution < -0.4 is 5.32 Å². The van der Waals surface area contributed by atoms with Crippen molar-refractivity contribution in [3.05, 3.63) is 29.8 Å². The summed E-state index contributed by atoms with van der Waals surface area (Å²) in [4.78, 5) is 0.435. The lowest BCUT2D eigenvalue weighted by Gasteiger charge is -2.17. The number of rotatable bonds is 4. The molecule has 5 heteroatoms. The molecule has 0 radical (unpaired) electrons. The van der Waals surface area contributed by atoms with Crippen molar-refractivity contribution in [1.29, 1.82) is 0 Å². The van der Waals surface area contributed by atoms with E-state index in [-0.39, 0.29) is 0 Å². The zero-order valence-electron chi connectivity index (χ0n) is 11.9. The van der Waals surface area contributed by atoms with Crippen LogP contribution in [-0.2, 0) is 16.4 Å². The second-order valence-corrected chi connectivity index (χ2v) is 7.83. The van der Waals surface area contributed by atoms with Crippen LogP contribution in [0.5, 0.6) is 0 Å². The average molecular weight is 294 g/mol. The van der Waals surface area contributed by atoms with Gasteiger partial charge in [0.1, 0.15) is 0 Å². The van der Waals surface area contributed by atoms with Crippen LogP contribution >= 0.6 is 0 Å². The molecule has 0 aromatic heterocycles. The van der Waals surface area contributed by atoms with E-state index in [1.165, 1.54) is 5.56 Å². The van der Waals surface area contributed by atoms with Crippen LogP contribution in [0.3, 0.4) is 0 Å². The maximum Gasteiger partial charge on any atom is 0.243 e. The van der Waals surface area contributed by atoms with E-state index in [2.05, 4.69) is 12.2 Å². The summed E-state index contributed by atoms with van der Waals surface area (Å²) in [6, 6.07) is 7.39. The Kier molecular flexibility index (Phi) is 3.84. The smallest absolute Gasteiger partial charge is 0.243 e. The molecule has 2 saturated heterocycles. The lowest BCUT2D eigenvalue weighted by Crippen LogP contribution is -2.31. The molecule has 1 aromatic rings. The quantitative estimate of drug-likeness (QED) is 0.915. The first kappa shape index (κ1) is 14.0. The monoisotopic (exact) mass is 294 g/mol. The van der Waals surface area contributed by atoms with Crippen molar-refractivity contribution >= 4 is 10.0 Å². The summed E-state index contributed by atoms with van der Waals surface area (Å²) in [5, 5.41) is 3.34. The van der Waals surface area contributed by atoms with E-state index in [0.29, 0.717) is 29.8 Å². The molecule has 2 heterocycles. The first-order valence-electron chi connectivity index (χ1n) is 7.41. The highest BCUT2D eigenvalue weighted by molar-refractivity contribution is 7.89. The molecule has 2 aliphatic rings. The van der Waals surface area contributed by atoms with E-state index < -0.39 is 10.0 Å². The average Bonchev–Trinajstić information content (AvgIpc) is 3.00. The van der Waals surface area contributed by atoms with Crippen LogP contribution in [0.4, 0.5) is 0 Å². The van der Waals surface area contributed by atoms with Crippen LogP contribution in [0.25, 0.3) is 0 Å². The molecule has 1 N–H and O–H groups in total. The largest absolute Gasteiger partial charge is 0.316 e. The summed E-state index contributed by atoms with van der Waals surface area (Å²) in [7, 11) is -3.31. The van der Waals surface area contributed by atoms with Gasteiger partial charge in [-0.1, -0.05) is 25.5 Å². The van der Waals surface area contributed by atoms with Gasteiger partial charge in [0.15, 0.2) is 0 Å². The molecule has 3 rings (SSSR count). The summed E-state index contributed by atoms with van der Waals surface area (Å²) >= 11 is 0.